The Kier molecular flexibility index (Phi) is 2.61. The summed E-state index contributed by atoms with van der Waals surface area (Å²) in [6, 6.07) is 3.82. The van der Waals surface area contributed by atoms with Crippen LogP contribution in [-0.4, -0.2) is 4.98 Å². The van der Waals surface area contributed by atoms with Crippen molar-refractivity contribution in [1.82, 2.24) is 4.98 Å². The maximum absolute atomic E-state index is 6.31. The van der Waals surface area contributed by atoms with Crippen molar-refractivity contribution in [2.24, 2.45) is 0 Å². The minimum absolute atomic E-state index is 0.653. The second-order valence-corrected chi connectivity index (χ2v) is 4.51. The van der Waals surface area contributed by atoms with Gasteiger partial charge in [-0.2, -0.15) is 0 Å². The highest BCUT2D eigenvalue weighted by atomic mass is 35.5. The molecule has 0 fully saturated rings. The van der Waals surface area contributed by atoms with E-state index in [0.29, 0.717) is 5.02 Å². The van der Waals surface area contributed by atoms with E-state index in [2.05, 4.69) is 4.98 Å². The summed E-state index contributed by atoms with van der Waals surface area (Å²) in [6.07, 6.45) is 0. The Morgan fingerprint density at radius 3 is 2.40 bits per heavy atom. The van der Waals surface area contributed by atoms with Crippen LogP contribution in [0, 0.1) is 20.8 Å². The summed E-state index contributed by atoms with van der Waals surface area (Å²) >= 11 is 12.4. The van der Waals surface area contributed by atoms with Gasteiger partial charge in [-0.1, -0.05) is 29.3 Å². The maximum atomic E-state index is 6.31. The highest BCUT2D eigenvalue weighted by Crippen LogP contribution is 2.33. The molecule has 3 heteroatoms. The number of pyridine rings is 1. The van der Waals surface area contributed by atoms with E-state index in [9.17, 15) is 0 Å². The van der Waals surface area contributed by atoms with Crippen LogP contribution in [0.1, 0.15) is 16.8 Å². The van der Waals surface area contributed by atoms with Crippen LogP contribution in [0.25, 0.3) is 10.9 Å². The first-order valence-electron chi connectivity index (χ1n) is 4.74. The number of fused-ring (bicyclic) bond motifs is 1. The third-order valence-corrected chi connectivity index (χ3v) is 3.49. The number of nitrogens with zero attached hydrogens (tertiary/aromatic N) is 1. The molecule has 1 aromatic heterocycles. The average molecular weight is 240 g/mol. The van der Waals surface area contributed by atoms with Gasteiger partial charge in [0.05, 0.1) is 15.6 Å². The van der Waals surface area contributed by atoms with Crippen molar-refractivity contribution in [1.29, 1.82) is 0 Å². The summed E-state index contributed by atoms with van der Waals surface area (Å²) in [5.41, 5.74) is 3.86. The Morgan fingerprint density at radius 1 is 1.07 bits per heavy atom. The minimum Gasteiger partial charge on any atom is -0.251 e. The van der Waals surface area contributed by atoms with Crippen molar-refractivity contribution in [3.05, 3.63) is 39.0 Å². The predicted octanol–water partition coefficient (Wildman–Crippen LogP) is 4.47. The molecule has 78 valence electrons. The summed E-state index contributed by atoms with van der Waals surface area (Å²) in [7, 11) is 0. The summed E-state index contributed by atoms with van der Waals surface area (Å²) in [6.45, 7) is 5.94. The smallest absolute Gasteiger partial charge is 0.0909 e. The van der Waals surface area contributed by atoms with Crippen molar-refractivity contribution < 1.29 is 0 Å². The molecule has 0 saturated carbocycles. The number of benzene rings is 1. The van der Waals surface area contributed by atoms with Gasteiger partial charge in [-0.25, -0.2) is 0 Å². The molecule has 0 saturated heterocycles. The molecule has 0 unspecified atom stereocenters. The van der Waals surface area contributed by atoms with Gasteiger partial charge in [0.2, 0.25) is 0 Å². The lowest BCUT2D eigenvalue weighted by Crippen LogP contribution is -1.93. The predicted molar refractivity (Wildman–Crippen MR) is 66.0 cm³/mol. The fraction of sp³-hybridized carbons (Fsp3) is 0.250. The van der Waals surface area contributed by atoms with Gasteiger partial charge in [0.25, 0.3) is 0 Å². The zero-order chi connectivity index (χ0) is 11.2. The third-order valence-electron chi connectivity index (χ3n) is 2.71. The lowest BCUT2D eigenvalue weighted by atomic mass is 10.1. The normalized spacial score (nSPS) is 11.0. The molecule has 15 heavy (non-hydrogen) atoms. The highest BCUT2D eigenvalue weighted by Gasteiger charge is 2.11. The fourth-order valence-electron chi connectivity index (χ4n) is 1.65. The molecule has 0 amide bonds. The largest absolute Gasteiger partial charge is 0.251 e. The maximum Gasteiger partial charge on any atom is 0.0909 e. The quantitative estimate of drug-likeness (QED) is 0.662. The minimum atomic E-state index is 0.653. The van der Waals surface area contributed by atoms with Gasteiger partial charge in [-0.05, 0) is 38.0 Å². The van der Waals surface area contributed by atoms with Gasteiger partial charge in [-0.3, -0.25) is 4.98 Å². The van der Waals surface area contributed by atoms with E-state index in [1.54, 1.807) is 0 Å². The van der Waals surface area contributed by atoms with E-state index in [0.717, 1.165) is 32.7 Å². The first kappa shape index (κ1) is 10.7. The molecule has 0 aliphatic heterocycles. The fourth-order valence-corrected chi connectivity index (χ4v) is 2.23. The van der Waals surface area contributed by atoms with Crippen molar-refractivity contribution in [2.45, 2.75) is 20.8 Å². The Balaban J connectivity index is 3.04. The van der Waals surface area contributed by atoms with E-state index < -0.39 is 0 Å². The number of hydrogen-bond acceptors (Lipinski definition) is 1. The van der Waals surface area contributed by atoms with Crippen LogP contribution < -0.4 is 0 Å². The summed E-state index contributed by atoms with van der Waals surface area (Å²) in [4.78, 5) is 4.48. The number of rotatable bonds is 0. The van der Waals surface area contributed by atoms with E-state index >= 15 is 0 Å². The second-order valence-electron chi connectivity index (χ2n) is 3.72. The molecule has 1 heterocycles. The molecular formula is C12H11Cl2N. The monoisotopic (exact) mass is 239 g/mol. The van der Waals surface area contributed by atoms with Gasteiger partial charge in [0, 0.05) is 11.1 Å². The Hall–Kier alpha value is -0.790. The topological polar surface area (TPSA) is 12.9 Å². The van der Waals surface area contributed by atoms with Crippen molar-refractivity contribution in [3.8, 4) is 0 Å². The van der Waals surface area contributed by atoms with Gasteiger partial charge >= 0.3 is 0 Å². The van der Waals surface area contributed by atoms with E-state index in [-0.39, 0.29) is 0 Å². The lowest BCUT2D eigenvalue weighted by Gasteiger charge is -2.10. The molecule has 0 N–H and O–H groups in total. The number of aromatic nitrogens is 1. The van der Waals surface area contributed by atoms with Gasteiger partial charge in [0.1, 0.15) is 0 Å². The molecule has 0 atom stereocenters. The molecule has 0 spiro atoms. The average Bonchev–Trinajstić information content (AvgIpc) is 2.20. The first-order valence-corrected chi connectivity index (χ1v) is 5.49. The summed E-state index contributed by atoms with van der Waals surface area (Å²) < 4.78 is 0. The standard InChI is InChI=1S/C12H11Cl2N/c1-6-4-5-9(13)12-10(6)11(14)7(2)8(3)15-12/h4-5H,1-3H3. The van der Waals surface area contributed by atoms with Crippen LogP contribution in [0.5, 0.6) is 0 Å². The summed E-state index contributed by atoms with van der Waals surface area (Å²) in [5, 5.41) is 2.38. The molecule has 0 aliphatic rings. The highest BCUT2D eigenvalue weighted by molar-refractivity contribution is 6.40. The Labute approximate surface area is 99.0 Å². The van der Waals surface area contributed by atoms with Gasteiger partial charge < -0.3 is 0 Å². The molecule has 1 aromatic carbocycles. The van der Waals surface area contributed by atoms with Crippen LogP contribution in [0.2, 0.25) is 10.0 Å². The van der Waals surface area contributed by atoms with Crippen LogP contribution >= 0.6 is 23.2 Å². The first-order chi connectivity index (χ1) is 7.02. The SMILES string of the molecule is Cc1nc2c(Cl)ccc(C)c2c(Cl)c1C. The molecule has 0 bridgehead atoms. The van der Waals surface area contributed by atoms with Crippen molar-refractivity contribution in [3.63, 3.8) is 0 Å². The van der Waals surface area contributed by atoms with Crippen LogP contribution in [0.3, 0.4) is 0 Å². The molecule has 1 nitrogen and oxygen atoms in total. The van der Waals surface area contributed by atoms with Crippen LogP contribution in [0.15, 0.2) is 12.1 Å². The lowest BCUT2D eigenvalue weighted by molar-refractivity contribution is 1.19. The zero-order valence-electron chi connectivity index (χ0n) is 8.86. The number of aryl methyl sites for hydroxylation is 2. The van der Waals surface area contributed by atoms with Crippen LogP contribution in [0.4, 0.5) is 0 Å². The molecule has 0 aliphatic carbocycles. The Bertz CT molecular complexity index is 547. The molecule has 2 rings (SSSR count). The third kappa shape index (κ3) is 1.60. The van der Waals surface area contributed by atoms with Gasteiger partial charge in [0.15, 0.2) is 0 Å². The number of hydrogen-bond donors (Lipinski definition) is 0. The Morgan fingerprint density at radius 2 is 1.73 bits per heavy atom. The molecule has 2 aromatic rings. The van der Waals surface area contributed by atoms with E-state index in [1.807, 2.05) is 32.9 Å². The zero-order valence-corrected chi connectivity index (χ0v) is 10.4. The summed E-state index contributed by atoms with van der Waals surface area (Å²) in [5.74, 6) is 0. The van der Waals surface area contributed by atoms with Crippen LogP contribution in [-0.2, 0) is 0 Å². The van der Waals surface area contributed by atoms with Gasteiger partial charge in [-0.15, -0.1) is 0 Å². The van der Waals surface area contributed by atoms with E-state index in [4.69, 9.17) is 23.2 Å². The van der Waals surface area contributed by atoms with Crippen molar-refractivity contribution in [2.75, 3.05) is 0 Å². The molecular weight excluding hydrogens is 229 g/mol. The van der Waals surface area contributed by atoms with E-state index in [1.165, 1.54) is 0 Å². The van der Waals surface area contributed by atoms with Crippen molar-refractivity contribution >= 4 is 34.1 Å². The number of halogens is 2. The second kappa shape index (κ2) is 3.66. The molecule has 0 radical (unpaired) electrons.